The highest BCUT2D eigenvalue weighted by Crippen LogP contribution is 2.45. The van der Waals surface area contributed by atoms with Crippen molar-refractivity contribution in [2.45, 2.75) is 51.0 Å². The molecular formula is C28H28O2. The normalized spacial score (nSPS) is 15.7. The number of rotatable bonds is 3. The van der Waals surface area contributed by atoms with Gasteiger partial charge in [-0.25, -0.2) is 0 Å². The van der Waals surface area contributed by atoms with Crippen LogP contribution in [-0.2, 0) is 0 Å². The number of phenolic OH excluding ortho intramolecular Hbond substituents is 1. The smallest absolute Gasteiger partial charge is 0.166 e. The van der Waals surface area contributed by atoms with Gasteiger partial charge in [0.25, 0.3) is 0 Å². The lowest BCUT2D eigenvalue weighted by molar-refractivity contribution is 0.161. The third-order valence-electron chi connectivity index (χ3n) is 6.39. The molecular weight excluding hydrogens is 368 g/mol. The summed E-state index contributed by atoms with van der Waals surface area (Å²) in [7, 11) is 0. The van der Waals surface area contributed by atoms with Gasteiger partial charge in [-0.15, -0.1) is 0 Å². The molecule has 1 N–H and O–H groups in total. The molecule has 5 rings (SSSR count). The standard InChI is InChI=1S/C28H28O2/c29-28-26(30-22-14-4-2-1-3-5-15-22)19-21-12-7-9-17-24(21)27(28)25-18-10-13-20-11-6-8-16-23(20)25/h6-13,16-19,22,29H,1-5,14-15H2. The van der Waals surface area contributed by atoms with Crippen molar-refractivity contribution in [2.75, 3.05) is 0 Å². The third-order valence-corrected chi connectivity index (χ3v) is 6.39. The molecule has 152 valence electrons. The lowest BCUT2D eigenvalue weighted by atomic mass is 9.92. The van der Waals surface area contributed by atoms with E-state index in [0.717, 1.165) is 40.1 Å². The minimum atomic E-state index is 0.178. The molecule has 0 radical (unpaired) electrons. The quantitative estimate of drug-likeness (QED) is 0.382. The summed E-state index contributed by atoms with van der Waals surface area (Å²) in [6.07, 6.45) is 8.61. The van der Waals surface area contributed by atoms with E-state index in [1.165, 1.54) is 37.5 Å². The Balaban J connectivity index is 1.66. The highest BCUT2D eigenvalue weighted by atomic mass is 16.5. The second-order valence-corrected chi connectivity index (χ2v) is 8.43. The molecule has 0 heterocycles. The number of aromatic hydroxyl groups is 1. The van der Waals surface area contributed by atoms with Crippen LogP contribution in [0.4, 0.5) is 0 Å². The average Bonchev–Trinajstić information content (AvgIpc) is 2.76. The predicted octanol–water partition coefficient (Wildman–Crippen LogP) is 7.86. The number of phenols is 1. The summed E-state index contributed by atoms with van der Waals surface area (Å²) in [6, 6.07) is 24.9. The Kier molecular flexibility index (Phi) is 5.31. The maximum Gasteiger partial charge on any atom is 0.166 e. The van der Waals surface area contributed by atoms with Gasteiger partial charge in [-0.3, -0.25) is 0 Å². The molecule has 0 bridgehead atoms. The van der Waals surface area contributed by atoms with Crippen molar-refractivity contribution in [3.8, 4) is 22.6 Å². The van der Waals surface area contributed by atoms with Crippen molar-refractivity contribution in [3.63, 3.8) is 0 Å². The van der Waals surface area contributed by atoms with Crippen molar-refractivity contribution in [1.29, 1.82) is 0 Å². The maximum atomic E-state index is 11.4. The van der Waals surface area contributed by atoms with Crippen LogP contribution in [0.15, 0.2) is 72.8 Å². The summed E-state index contributed by atoms with van der Waals surface area (Å²) in [5, 5.41) is 15.9. The zero-order valence-electron chi connectivity index (χ0n) is 17.3. The van der Waals surface area contributed by atoms with Crippen molar-refractivity contribution in [1.82, 2.24) is 0 Å². The van der Waals surface area contributed by atoms with Gasteiger partial charge < -0.3 is 9.84 Å². The van der Waals surface area contributed by atoms with Crippen LogP contribution in [0.3, 0.4) is 0 Å². The molecule has 0 amide bonds. The van der Waals surface area contributed by atoms with Crippen LogP contribution in [-0.4, -0.2) is 11.2 Å². The van der Waals surface area contributed by atoms with Gasteiger partial charge >= 0.3 is 0 Å². The molecule has 1 aliphatic carbocycles. The molecule has 2 nitrogen and oxygen atoms in total. The molecule has 4 aromatic rings. The van der Waals surface area contributed by atoms with Gasteiger partial charge in [-0.05, 0) is 58.9 Å². The number of hydrogen-bond donors (Lipinski definition) is 1. The van der Waals surface area contributed by atoms with E-state index in [9.17, 15) is 5.11 Å². The van der Waals surface area contributed by atoms with E-state index in [-0.39, 0.29) is 11.9 Å². The van der Waals surface area contributed by atoms with Crippen LogP contribution in [0.1, 0.15) is 44.9 Å². The highest BCUT2D eigenvalue weighted by molar-refractivity contribution is 6.08. The molecule has 0 saturated heterocycles. The van der Waals surface area contributed by atoms with E-state index in [1.54, 1.807) is 0 Å². The molecule has 0 atom stereocenters. The molecule has 1 fully saturated rings. The Morgan fingerprint density at radius 2 is 1.30 bits per heavy atom. The molecule has 0 aromatic heterocycles. The van der Waals surface area contributed by atoms with Crippen LogP contribution >= 0.6 is 0 Å². The Morgan fingerprint density at radius 3 is 2.10 bits per heavy atom. The first-order valence-electron chi connectivity index (χ1n) is 11.2. The first-order chi connectivity index (χ1) is 14.8. The molecule has 0 unspecified atom stereocenters. The number of hydrogen-bond acceptors (Lipinski definition) is 2. The Hall–Kier alpha value is -3.00. The number of ether oxygens (including phenoxy) is 1. The first kappa shape index (κ1) is 19.0. The third kappa shape index (κ3) is 3.63. The van der Waals surface area contributed by atoms with Crippen LogP contribution < -0.4 is 4.74 Å². The second kappa shape index (κ2) is 8.39. The largest absolute Gasteiger partial charge is 0.504 e. The summed E-state index contributed by atoms with van der Waals surface area (Å²) in [5.41, 5.74) is 1.91. The van der Waals surface area contributed by atoms with Gasteiger partial charge in [0.2, 0.25) is 0 Å². The van der Waals surface area contributed by atoms with Gasteiger partial charge in [-0.2, -0.15) is 0 Å². The van der Waals surface area contributed by atoms with E-state index < -0.39 is 0 Å². The van der Waals surface area contributed by atoms with Gasteiger partial charge in [0, 0.05) is 5.56 Å². The summed E-state index contributed by atoms with van der Waals surface area (Å²) in [4.78, 5) is 0. The Bertz CT molecular complexity index is 1160. The van der Waals surface area contributed by atoms with Gasteiger partial charge in [0.05, 0.1) is 6.10 Å². The average molecular weight is 397 g/mol. The fourth-order valence-electron chi connectivity index (χ4n) is 4.83. The predicted molar refractivity (Wildman–Crippen MR) is 125 cm³/mol. The molecule has 30 heavy (non-hydrogen) atoms. The highest BCUT2D eigenvalue weighted by Gasteiger charge is 2.20. The zero-order chi connectivity index (χ0) is 20.3. The van der Waals surface area contributed by atoms with Crippen LogP contribution in [0.2, 0.25) is 0 Å². The second-order valence-electron chi connectivity index (χ2n) is 8.43. The van der Waals surface area contributed by atoms with Crippen LogP contribution in [0.25, 0.3) is 32.7 Å². The summed E-state index contributed by atoms with van der Waals surface area (Å²) >= 11 is 0. The van der Waals surface area contributed by atoms with E-state index in [4.69, 9.17) is 4.74 Å². The molecule has 4 aromatic carbocycles. The lowest BCUT2D eigenvalue weighted by Crippen LogP contribution is -2.18. The summed E-state index contributed by atoms with van der Waals surface area (Å²) < 4.78 is 6.45. The lowest BCUT2D eigenvalue weighted by Gasteiger charge is -2.23. The fourth-order valence-corrected chi connectivity index (χ4v) is 4.83. The Labute approximate surface area is 178 Å². The minimum absolute atomic E-state index is 0.178. The van der Waals surface area contributed by atoms with Crippen molar-refractivity contribution in [2.24, 2.45) is 0 Å². The monoisotopic (exact) mass is 396 g/mol. The van der Waals surface area contributed by atoms with Crippen molar-refractivity contribution >= 4 is 21.5 Å². The number of benzene rings is 4. The van der Waals surface area contributed by atoms with Crippen molar-refractivity contribution < 1.29 is 9.84 Å². The van der Waals surface area contributed by atoms with Crippen LogP contribution in [0.5, 0.6) is 11.5 Å². The minimum Gasteiger partial charge on any atom is -0.504 e. The van der Waals surface area contributed by atoms with Crippen molar-refractivity contribution in [3.05, 3.63) is 72.8 Å². The molecule has 0 spiro atoms. The molecule has 0 aliphatic heterocycles. The fraction of sp³-hybridized carbons (Fsp3) is 0.286. The topological polar surface area (TPSA) is 29.5 Å². The van der Waals surface area contributed by atoms with Gasteiger partial charge in [0.1, 0.15) is 0 Å². The van der Waals surface area contributed by atoms with E-state index >= 15 is 0 Å². The van der Waals surface area contributed by atoms with E-state index in [2.05, 4.69) is 54.6 Å². The van der Waals surface area contributed by atoms with E-state index in [1.807, 2.05) is 18.2 Å². The summed E-state index contributed by atoms with van der Waals surface area (Å²) in [6.45, 7) is 0. The SMILES string of the molecule is Oc1c(OC2CCCCCCC2)cc2ccccc2c1-c1cccc2ccccc12. The zero-order valence-corrected chi connectivity index (χ0v) is 17.3. The molecule has 2 heteroatoms. The Morgan fingerprint density at radius 1 is 0.667 bits per heavy atom. The van der Waals surface area contributed by atoms with Crippen LogP contribution in [0, 0.1) is 0 Å². The summed E-state index contributed by atoms with van der Waals surface area (Å²) in [5.74, 6) is 0.870. The molecule has 1 aliphatic rings. The first-order valence-corrected chi connectivity index (χ1v) is 11.2. The maximum absolute atomic E-state index is 11.4. The van der Waals surface area contributed by atoms with E-state index in [0.29, 0.717) is 5.75 Å². The molecule has 1 saturated carbocycles. The van der Waals surface area contributed by atoms with Gasteiger partial charge in [0.15, 0.2) is 11.5 Å². The van der Waals surface area contributed by atoms with Gasteiger partial charge in [-0.1, -0.05) is 86.0 Å². The number of fused-ring (bicyclic) bond motifs is 2.